The van der Waals surface area contributed by atoms with Gasteiger partial charge in [-0.1, -0.05) is 36.4 Å². The van der Waals surface area contributed by atoms with E-state index >= 15 is 4.39 Å². The maximum atomic E-state index is 15.0. The minimum Gasteiger partial charge on any atom is -0.375 e. The summed E-state index contributed by atoms with van der Waals surface area (Å²) in [5, 5.41) is 6.19. The number of H-pyrrole nitrogens is 1. The number of nitrogens with one attached hydrogen (secondary N) is 3. The highest BCUT2D eigenvalue weighted by molar-refractivity contribution is 5.96. The molecule has 1 saturated heterocycles. The molecule has 0 radical (unpaired) electrons. The molecule has 11 heteroatoms. The van der Waals surface area contributed by atoms with Crippen LogP contribution in [0.25, 0.3) is 11.0 Å². The van der Waals surface area contributed by atoms with Crippen LogP contribution in [0.15, 0.2) is 85.2 Å². The summed E-state index contributed by atoms with van der Waals surface area (Å²) in [7, 11) is 0. The lowest BCUT2D eigenvalue weighted by Crippen LogP contribution is -2.42. The van der Waals surface area contributed by atoms with E-state index in [9.17, 15) is 13.6 Å². The van der Waals surface area contributed by atoms with Crippen molar-refractivity contribution in [3.05, 3.63) is 125 Å². The molecule has 6 rings (SSSR count). The maximum Gasteiger partial charge on any atom is 0.242 e. The number of imidazole rings is 1. The van der Waals surface area contributed by atoms with E-state index in [1.165, 1.54) is 54.7 Å². The Hall–Kier alpha value is -4.58. The number of carbonyl (C=O) groups is 1. The van der Waals surface area contributed by atoms with Crippen LogP contribution in [-0.4, -0.2) is 46.2 Å². The van der Waals surface area contributed by atoms with Gasteiger partial charge < -0.3 is 26.1 Å². The first-order chi connectivity index (χ1) is 21.4. The number of pyridine rings is 1. The minimum atomic E-state index is -1.16. The van der Waals surface area contributed by atoms with E-state index in [1.54, 1.807) is 0 Å². The molecule has 1 amide bonds. The summed E-state index contributed by atoms with van der Waals surface area (Å²) in [4.78, 5) is 25.3. The number of halogens is 3. The smallest absolute Gasteiger partial charge is 0.242 e. The van der Waals surface area contributed by atoms with Crippen LogP contribution in [0.4, 0.5) is 18.9 Å². The average molecular weight is 601 g/mol. The predicted molar refractivity (Wildman–Crippen MR) is 160 cm³/mol. The molecule has 1 unspecified atom stereocenters. The van der Waals surface area contributed by atoms with Gasteiger partial charge in [0.25, 0.3) is 0 Å². The van der Waals surface area contributed by atoms with Gasteiger partial charge in [0.1, 0.15) is 23.3 Å². The van der Waals surface area contributed by atoms with Crippen LogP contribution in [0.3, 0.4) is 0 Å². The van der Waals surface area contributed by atoms with Crippen LogP contribution >= 0.6 is 0 Å². The number of hydrogen-bond acceptors (Lipinski definition) is 6. The third kappa shape index (κ3) is 6.49. The Morgan fingerprint density at radius 2 is 1.66 bits per heavy atom. The molecule has 0 aliphatic carbocycles. The van der Waals surface area contributed by atoms with Gasteiger partial charge in [-0.15, -0.1) is 0 Å². The van der Waals surface area contributed by atoms with Crippen molar-refractivity contribution in [3.8, 4) is 0 Å². The Labute approximate surface area is 251 Å². The van der Waals surface area contributed by atoms with Crippen molar-refractivity contribution in [2.24, 2.45) is 5.73 Å². The number of benzene rings is 3. The van der Waals surface area contributed by atoms with Crippen molar-refractivity contribution < 1.29 is 22.7 Å². The topological polar surface area (TPSA) is 118 Å². The normalized spacial score (nSPS) is 17.6. The van der Waals surface area contributed by atoms with Crippen molar-refractivity contribution in [2.45, 2.75) is 36.9 Å². The van der Waals surface area contributed by atoms with E-state index < -0.39 is 35.3 Å². The van der Waals surface area contributed by atoms with Crippen LogP contribution in [0.5, 0.6) is 0 Å². The summed E-state index contributed by atoms with van der Waals surface area (Å²) in [6, 6.07) is 17.7. The Kier molecular flexibility index (Phi) is 8.69. The van der Waals surface area contributed by atoms with Crippen LogP contribution in [-0.2, 0) is 16.0 Å². The molecule has 5 aromatic rings. The lowest BCUT2D eigenvalue weighted by molar-refractivity contribution is -0.117. The summed E-state index contributed by atoms with van der Waals surface area (Å²) in [6.45, 7) is 0.938. The molecule has 2 aromatic heterocycles. The number of ether oxygens (including phenoxy) is 1. The largest absolute Gasteiger partial charge is 0.375 e. The summed E-state index contributed by atoms with van der Waals surface area (Å²) in [6.07, 6.45) is 3.06. The second-order valence-corrected chi connectivity index (χ2v) is 10.8. The van der Waals surface area contributed by atoms with Gasteiger partial charge >= 0.3 is 0 Å². The molecule has 1 fully saturated rings. The molecule has 5 N–H and O–H groups in total. The van der Waals surface area contributed by atoms with E-state index in [4.69, 9.17) is 10.5 Å². The first kappa shape index (κ1) is 29.5. The van der Waals surface area contributed by atoms with E-state index in [0.717, 1.165) is 23.1 Å². The number of hydrogen-bond donors (Lipinski definition) is 4. The highest BCUT2D eigenvalue weighted by atomic mass is 19.1. The zero-order chi connectivity index (χ0) is 30.6. The van der Waals surface area contributed by atoms with Gasteiger partial charge in [-0.25, -0.2) is 18.2 Å². The van der Waals surface area contributed by atoms with Gasteiger partial charge in [0.2, 0.25) is 5.91 Å². The number of rotatable bonds is 9. The van der Waals surface area contributed by atoms with Crippen LogP contribution in [0, 0.1) is 17.5 Å². The predicted octanol–water partition coefficient (Wildman–Crippen LogP) is 5.14. The van der Waals surface area contributed by atoms with Gasteiger partial charge in [0.05, 0.1) is 53.9 Å². The molecule has 0 saturated carbocycles. The molecule has 1 aliphatic rings. The third-order valence-corrected chi connectivity index (χ3v) is 7.93. The Morgan fingerprint density at radius 1 is 0.977 bits per heavy atom. The highest BCUT2D eigenvalue weighted by Crippen LogP contribution is 2.30. The SMILES string of the molecule is NC(C(=O)Nc1cncc(F)c1CC[C@@H]1CN[C@H](c2nc3ccccc3[nH]2)CO1)C(c1ccc(F)cc1)c1ccc(F)cc1. The number of aromatic amines is 1. The lowest BCUT2D eigenvalue weighted by Gasteiger charge is -2.29. The Balaban J connectivity index is 1.12. The van der Waals surface area contributed by atoms with E-state index in [1.807, 2.05) is 24.3 Å². The molecular weight excluding hydrogens is 569 g/mol. The van der Waals surface area contributed by atoms with Gasteiger partial charge in [-0.2, -0.15) is 0 Å². The fourth-order valence-electron chi connectivity index (χ4n) is 5.57. The Bertz CT molecular complexity index is 1660. The number of carbonyl (C=O) groups excluding carboxylic acids is 1. The van der Waals surface area contributed by atoms with Crippen molar-refractivity contribution in [1.82, 2.24) is 20.3 Å². The fraction of sp³-hybridized carbons (Fsp3) is 0.242. The molecule has 44 heavy (non-hydrogen) atoms. The number of nitrogens with two attached hydrogens (primary N) is 1. The minimum absolute atomic E-state index is 0.0946. The lowest BCUT2D eigenvalue weighted by atomic mass is 9.85. The van der Waals surface area contributed by atoms with Gasteiger partial charge in [0, 0.05) is 18.0 Å². The quantitative estimate of drug-likeness (QED) is 0.186. The zero-order valence-corrected chi connectivity index (χ0v) is 23.6. The molecule has 3 atom stereocenters. The summed E-state index contributed by atoms with van der Waals surface area (Å²) < 4.78 is 48.4. The van der Waals surface area contributed by atoms with Crippen LogP contribution in [0.1, 0.15) is 40.9 Å². The first-order valence-electron chi connectivity index (χ1n) is 14.3. The second kappa shape index (κ2) is 13.0. The molecule has 3 heterocycles. The van der Waals surface area contributed by atoms with E-state index in [-0.39, 0.29) is 29.8 Å². The number of anilines is 1. The summed E-state index contributed by atoms with van der Waals surface area (Å²) in [5.41, 5.74) is 9.93. The van der Waals surface area contributed by atoms with Gasteiger partial charge in [-0.05, 0) is 60.4 Å². The molecule has 1 aliphatic heterocycles. The fourth-order valence-corrected chi connectivity index (χ4v) is 5.57. The molecular formula is C33H31F3N6O2. The Morgan fingerprint density at radius 3 is 2.30 bits per heavy atom. The molecule has 8 nitrogen and oxygen atoms in total. The monoisotopic (exact) mass is 600 g/mol. The number of morpholine rings is 1. The van der Waals surface area contributed by atoms with E-state index in [2.05, 4.69) is 25.6 Å². The number of nitrogens with zero attached hydrogens (tertiary/aromatic N) is 2. The van der Waals surface area contributed by atoms with Gasteiger partial charge in [0.15, 0.2) is 0 Å². The molecule has 226 valence electrons. The van der Waals surface area contributed by atoms with Crippen molar-refractivity contribution in [3.63, 3.8) is 0 Å². The standard InChI is InChI=1S/C33H31F3N6O2/c34-21-9-5-19(6-10-21)30(20-7-11-22(35)12-8-20)31(37)33(43)42-28-17-38-16-25(36)24(28)14-13-23-15-39-29(18-44-23)32-40-26-3-1-2-4-27(26)41-32/h1-12,16-17,23,29-31,39H,13-15,18,37H2,(H,40,41)(H,42,43)/t23-,29+,31?/m1/s1. The first-order valence-corrected chi connectivity index (χ1v) is 14.3. The number of para-hydroxylation sites is 2. The number of aromatic nitrogens is 3. The maximum absolute atomic E-state index is 15.0. The molecule has 0 bridgehead atoms. The summed E-state index contributed by atoms with van der Waals surface area (Å²) in [5.74, 6) is -1.96. The molecule has 0 spiro atoms. The molecule has 3 aromatic carbocycles. The third-order valence-electron chi connectivity index (χ3n) is 7.93. The van der Waals surface area contributed by atoms with Crippen LogP contribution in [0.2, 0.25) is 0 Å². The van der Waals surface area contributed by atoms with E-state index in [0.29, 0.717) is 30.7 Å². The average Bonchev–Trinajstić information content (AvgIpc) is 3.47. The van der Waals surface area contributed by atoms with Crippen molar-refractivity contribution in [2.75, 3.05) is 18.5 Å². The van der Waals surface area contributed by atoms with Gasteiger partial charge in [-0.3, -0.25) is 9.78 Å². The summed E-state index contributed by atoms with van der Waals surface area (Å²) >= 11 is 0. The van der Waals surface area contributed by atoms with Crippen molar-refractivity contribution in [1.29, 1.82) is 0 Å². The number of fused-ring (bicyclic) bond motifs is 1. The highest BCUT2D eigenvalue weighted by Gasteiger charge is 2.30. The van der Waals surface area contributed by atoms with Crippen molar-refractivity contribution >= 4 is 22.6 Å². The number of amides is 1. The second-order valence-electron chi connectivity index (χ2n) is 10.8. The zero-order valence-electron chi connectivity index (χ0n) is 23.6. The van der Waals surface area contributed by atoms with Crippen LogP contribution < -0.4 is 16.4 Å².